The highest BCUT2D eigenvalue weighted by Gasteiger charge is 2.29. The monoisotopic (exact) mass is 362 g/mol. The smallest absolute Gasteiger partial charge is 0.339 e. The minimum atomic E-state index is -4.67. The summed E-state index contributed by atoms with van der Waals surface area (Å²) in [6.07, 6.45) is 0.365. The van der Waals surface area contributed by atoms with Crippen LogP contribution in [0.3, 0.4) is 0 Å². The molecule has 118 valence electrons. The molecule has 1 rings (SSSR count). The first-order valence-corrected chi connectivity index (χ1v) is 8.17. The van der Waals surface area contributed by atoms with Gasteiger partial charge >= 0.3 is 5.97 Å². The van der Waals surface area contributed by atoms with Crippen LogP contribution in [0.25, 0.3) is 0 Å². The fourth-order valence-corrected chi connectivity index (χ4v) is 3.10. The number of methoxy groups -OCH3 is 1. The molecule has 0 aliphatic heterocycles. The molecule has 0 spiro atoms. The SMILES string of the molecule is COCCCOC(=O)c1cc(F)c(F)c(S(=O)(=O)Cl)c1Cl. The Morgan fingerprint density at radius 3 is 2.48 bits per heavy atom. The molecule has 1 aromatic rings. The molecule has 1 aromatic carbocycles. The van der Waals surface area contributed by atoms with Crippen LogP contribution in [0.15, 0.2) is 11.0 Å². The van der Waals surface area contributed by atoms with E-state index in [1.807, 2.05) is 0 Å². The van der Waals surface area contributed by atoms with Crippen LogP contribution in [0.2, 0.25) is 5.02 Å². The van der Waals surface area contributed by atoms with Gasteiger partial charge in [0.05, 0.1) is 17.2 Å². The molecule has 21 heavy (non-hydrogen) atoms. The molecule has 0 fully saturated rings. The zero-order chi connectivity index (χ0) is 16.2. The molecule has 0 atom stereocenters. The average Bonchev–Trinajstić information content (AvgIpc) is 2.37. The molecule has 0 bridgehead atoms. The van der Waals surface area contributed by atoms with Crippen molar-refractivity contribution in [3.8, 4) is 0 Å². The van der Waals surface area contributed by atoms with E-state index in [-0.39, 0.29) is 6.61 Å². The number of esters is 1. The maximum absolute atomic E-state index is 13.5. The van der Waals surface area contributed by atoms with Gasteiger partial charge in [-0.3, -0.25) is 0 Å². The lowest BCUT2D eigenvalue weighted by molar-refractivity contribution is 0.0467. The fraction of sp³-hybridized carbons (Fsp3) is 0.364. The first-order valence-electron chi connectivity index (χ1n) is 5.48. The van der Waals surface area contributed by atoms with Gasteiger partial charge in [-0.1, -0.05) is 11.6 Å². The Morgan fingerprint density at radius 1 is 1.33 bits per heavy atom. The van der Waals surface area contributed by atoms with Crippen LogP contribution in [-0.4, -0.2) is 34.7 Å². The van der Waals surface area contributed by atoms with Crippen molar-refractivity contribution < 1.29 is 31.5 Å². The second-order valence-corrected chi connectivity index (χ2v) is 6.66. The van der Waals surface area contributed by atoms with Gasteiger partial charge in [0, 0.05) is 30.8 Å². The van der Waals surface area contributed by atoms with Crippen LogP contribution in [0.1, 0.15) is 16.8 Å². The van der Waals surface area contributed by atoms with Crippen molar-refractivity contribution in [1.82, 2.24) is 0 Å². The van der Waals surface area contributed by atoms with Gasteiger partial charge < -0.3 is 9.47 Å². The molecule has 0 aromatic heterocycles. The maximum Gasteiger partial charge on any atom is 0.339 e. The summed E-state index contributed by atoms with van der Waals surface area (Å²) >= 11 is 5.61. The van der Waals surface area contributed by atoms with Crippen molar-refractivity contribution in [2.24, 2.45) is 0 Å². The summed E-state index contributed by atoms with van der Waals surface area (Å²) in [5, 5.41) is -0.833. The molecule has 0 aliphatic rings. The second-order valence-electron chi connectivity index (χ2n) is 3.78. The molecular weight excluding hydrogens is 353 g/mol. The Bertz CT molecular complexity index is 649. The Hall–Kier alpha value is -0.960. The maximum atomic E-state index is 13.5. The first-order chi connectivity index (χ1) is 9.70. The van der Waals surface area contributed by atoms with E-state index >= 15 is 0 Å². The number of hydrogen-bond donors (Lipinski definition) is 0. The van der Waals surface area contributed by atoms with E-state index in [2.05, 4.69) is 0 Å². The van der Waals surface area contributed by atoms with Gasteiger partial charge in [0.1, 0.15) is 4.90 Å². The van der Waals surface area contributed by atoms with Crippen LogP contribution in [0.5, 0.6) is 0 Å². The molecule has 0 heterocycles. The Balaban J connectivity index is 3.15. The van der Waals surface area contributed by atoms with Crippen LogP contribution in [-0.2, 0) is 18.5 Å². The van der Waals surface area contributed by atoms with Crippen molar-refractivity contribution in [2.75, 3.05) is 20.3 Å². The zero-order valence-electron chi connectivity index (χ0n) is 10.7. The highest BCUT2D eigenvalue weighted by atomic mass is 35.7. The Kier molecular flexibility index (Phi) is 6.33. The summed E-state index contributed by atoms with van der Waals surface area (Å²) in [5.74, 6) is -4.44. The predicted molar refractivity (Wildman–Crippen MR) is 71.2 cm³/mol. The number of halogens is 4. The second kappa shape index (κ2) is 7.35. The lowest BCUT2D eigenvalue weighted by Crippen LogP contribution is -2.12. The number of carbonyl (C=O) groups excluding carboxylic acids is 1. The average molecular weight is 363 g/mol. The van der Waals surface area contributed by atoms with E-state index in [9.17, 15) is 22.0 Å². The lowest BCUT2D eigenvalue weighted by atomic mass is 10.2. The topological polar surface area (TPSA) is 69.7 Å². The number of carbonyl (C=O) groups is 1. The van der Waals surface area contributed by atoms with Gasteiger partial charge in [0.25, 0.3) is 9.05 Å². The molecule has 0 radical (unpaired) electrons. The molecule has 10 heteroatoms. The van der Waals surface area contributed by atoms with Crippen molar-refractivity contribution in [3.63, 3.8) is 0 Å². The van der Waals surface area contributed by atoms with Crippen molar-refractivity contribution >= 4 is 37.3 Å². The summed E-state index contributed by atoms with van der Waals surface area (Å²) in [5.41, 5.74) is -0.632. The highest BCUT2D eigenvalue weighted by Crippen LogP contribution is 2.32. The third kappa shape index (κ3) is 4.50. The number of benzene rings is 1. The Morgan fingerprint density at radius 2 is 1.95 bits per heavy atom. The first kappa shape index (κ1) is 18.1. The van der Waals surface area contributed by atoms with E-state index in [4.69, 9.17) is 31.8 Å². The minimum Gasteiger partial charge on any atom is -0.462 e. The largest absolute Gasteiger partial charge is 0.462 e. The molecule has 0 saturated heterocycles. The molecule has 0 unspecified atom stereocenters. The summed E-state index contributed by atoms with van der Waals surface area (Å²) in [6, 6.07) is 0.446. The summed E-state index contributed by atoms with van der Waals surface area (Å²) < 4.78 is 58.7. The third-order valence-corrected chi connectivity index (χ3v) is 4.14. The standard InChI is InChI=1S/C11H10Cl2F2O5S/c1-19-3-2-4-20-11(16)6-5-7(14)9(15)10(8(6)12)21(13,17)18/h5H,2-4H2,1H3. The number of hydrogen-bond acceptors (Lipinski definition) is 5. The van der Waals surface area contributed by atoms with E-state index in [1.165, 1.54) is 7.11 Å². The quantitative estimate of drug-likeness (QED) is 0.336. The van der Waals surface area contributed by atoms with Crippen LogP contribution in [0, 0.1) is 11.6 Å². The normalized spacial score (nSPS) is 11.5. The van der Waals surface area contributed by atoms with Gasteiger partial charge in [-0.25, -0.2) is 22.0 Å². The third-order valence-electron chi connectivity index (χ3n) is 2.31. The van der Waals surface area contributed by atoms with Gasteiger partial charge in [-0.05, 0) is 6.07 Å². The predicted octanol–water partition coefficient (Wildman–Crippen LogP) is 2.74. The van der Waals surface area contributed by atoms with Gasteiger partial charge in [0.2, 0.25) is 0 Å². The van der Waals surface area contributed by atoms with Crippen LogP contribution < -0.4 is 0 Å². The molecular formula is C11H10Cl2F2O5S. The molecule has 0 N–H and O–H groups in total. The van der Waals surface area contributed by atoms with Crippen molar-refractivity contribution in [2.45, 2.75) is 11.3 Å². The summed E-state index contributed by atoms with van der Waals surface area (Å²) in [6.45, 7) is 0.255. The minimum absolute atomic E-state index is 0.0645. The summed E-state index contributed by atoms with van der Waals surface area (Å²) in [4.78, 5) is 10.4. The fourth-order valence-electron chi connectivity index (χ4n) is 1.39. The van der Waals surface area contributed by atoms with Gasteiger partial charge in [-0.15, -0.1) is 0 Å². The molecule has 0 saturated carbocycles. The van der Waals surface area contributed by atoms with E-state index in [1.54, 1.807) is 0 Å². The molecule has 0 amide bonds. The molecule has 5 nitrogen and oxygen atoms in total. The van der Waals surface area contributed by atoms with Crippen molar-refractivity contribution in [1.29, 1.82) is 0 Å². The zero-order valence-corrected chi connectivity index (χ0v) is 13.0. The Labute approximate surface area is 129 Å². The van der Waals surface area contributed by atoms with E-state index in [0.717, 1.165) is 0 Å². The van der Waals surface area contributed by atoms with Crippen molar-refractivity contribution in [3.05, 3.63) is 28.3 Å². The lowest BCUT2D eigenvalue weighted by Gasteiger charge is -2.09. The van der Waals surface area contributed by atoms with E-state index in [0.29, 0.717) is 19.1 Å². The molecule has 0 aliphatic carbocycles. The van der Waals surface area contributed by atoms with Gasteiger partial charge in [0.15, 0.2) is 11.6 Å². The summed E-state index contributed by atoms with van der Waals surface area (Å²) in [7, 11) is 1.75. The van der Waals surface area contributed by atoms with Gasteiger partial charge in [-0.2, -0.15) is 0 Å². The van der Waals surface area contributed by atoms with E-state index < -0.39 is 42.1 Å². The van der Waals surface area contributed by atoms with Crippen LogP contribution >= 0.6 is 22.3 Å². The highest BCUT2D eigenvalue weighted by molar-refractivity contribution is 8.13. The van der Waals surface area contributed by atoms with Crippen LogP contribution in [0.4, 0.5) is 8.78 Å². The number of ether oxygens (including phenoxy) is 2. The number of rotatable bonds is 6.